The van der Waals surface area contributed by atoms with Crippen LogP contribution in [0.3, 0.4) is 0 Å². The fraction of sp³-hybridized carbons (Fsp3) is 0. The average molecular weight is 371 g/mol. The Labute approximate surface area is 167 Å². The third kappa shape index (κ3) is 2.52. The molecule has 0 bridgehead atoms. The van der Waals surface area contributed by atoms with E-state index in [0.29, 0.717) is 0 Å². The van der Waals surface area contributed by atoms with Crippen molar-refractivity contribution in [2.75, 3.05) is 0 Å². The molecule has 6 rings (SSSR count). The fourth-order valence-electron chi connectivity index (χ4n) is 4.20. The molecular formula is C26H17N3. The number of nitrogens with one attached hydrogen (secondary N) is 1. The molecule has 3 aromatic carbocycles. The number of aromatic amines is 1. The van der Waals surface area contributed by atoms with Gasteiger partial charge in [-0.25, -0.2) is 0 Å². The van der Waals surface area contributed by atoms with Crippen molar-refractivity contribution in [2.45, 2.75) is 0 Å². The molecular weight excluding hydrogens is 354 g/mol. The first-order chi connectivity index (χ1) is 14.4. The molecule has 0 atom stereocenters. The van der Waals surface area contributed by atoms with E-state index < -0.39 is 0 Å². The predicted molar refractivity (Wildman–Crippen MR) is 120 cm³/mol. The Morgan fingerprint density at radius 1 is 0.552 bits per heavy atom. The summed E-state index contributed by atoms with van der Waals surface area (Å²) in [7, 11) is 0. The Morgan fingerprint density at radius 2 is 1.28 bits per heavy atom. The highest BCUT2D eigenvalue weighted by atomic mass is 14.7. The number of nitrogens with zero attached hydrogens (tertiary/aromatic N) is 2. The van der Waals surface area contributed by atoms with E-state index in [1.807, 2.05) is 42.7 Å². The van der Waals surface area contributed by atoms with Gasteiger partial charge in [0.1, 0.15) is 0 Å². The SMILES string of the molecule is c1ccc(-c2ccc3c(c2)[nH]c2cc(-c4ccccn4)c4ccccc4c23)nc1. The van der Waals surface area contributed by atoms with Gasteiger partial charge in [0.2, 0.25) is 0 Å². The molecule has 3 nitrogen and oxygen atoms in total. The second kappa shape index (κ2) is 6.28. The van der Waals surface area contributed by atoms with E-state index in [9.17, 15) is 0 Å². The molecule has 6 aromatic rings. The highest BCUT2D eigenvalue weighted by Gasteiger charge is 2.14. The lowest BCUT2D eigenvalue weighted by molar-refractivity contribution is 1.33. The van der Waals surface area contributed by atoms with E-state index in [-0.39, 0.29) is 0 Å². The lowest BCUT2D eigenvalue weighted by atomic mass is 9.97. The standard InChI is InChI=1S/C26H17N3/c1-2-8-19-18(7-1)21(23-10-4-6-14-28-23)16-25-26(19)20-12-11-17(15-24(20)29-25)22-9-3-5-13-27-22/h1-16,29H. The quantitative estimate of drug-likeness (QED) is 0.373. The van der Waals surface area contributed by atoms with Gasteiger partial charge in [-0.15, -0.1) is 0 Å². The predicted octanol–water partition coefficient (Wildman–Crippen LogP) is 6.60. The van der Waals surface area contributed by atoms with Crippen molar-refractivity contribution in [1.29, 1.82) is 0 Å². The first-order valence-electron chi connectivity index (χ1n) is 9.68. The van der Waals surface area contributed by atoms with E-state index in [2.05, 4.69) is 69.5 Å². The number of pyridine rings is 2. The van der Waals surface area contributed by atoms with Crippen LogP contribution in [0, 0.1) is 0 Å². The maximum atomic E-state index is 4.59. The van der Waals surface area contributed by atoms with Gasteiger partial charge in [0, 0.05) is 45.3 Å². The molecule has 0 fully saturated rings. The third-order valence-electron chi connectivity index (χ3n) is 5.50. The monoisotopic (exact) mass is 371 g/mol. The van der Waals surface area contributed by atoms with Crippen molar-refractivity contribution in [3.63, 3.8) is 0 Å². The largest absolute Gasteiger partial charge is 0.354 e. The minimum Gasteiger partial charge on any atom is -0.354 e. The van der Waals surface area contributed by atoms with Crippen LogP contribution in [0.5, 0.6) is 0 Å². The maximum absolute atomic E-state index is 4.59. The molecule has 29 heavy (non-hydrogen) atoms. The summed E-state index contributed by atoms with van der Waals surface area (Å²) in [6.07, 6.45) is 3.68. The Kier molecular flexibility index (Phi) is 3.47. The molecule has 3 aromatic heterocycles. The van der Waals surface area contributed by atoms with Crippen molar-refractivity contribution >= 4 is 32.6 Å². The van der Waals surface area contributed by atoms with Crippen LogP contribution in [-0.2, 0) is 0 Å². The van der Waals surface area contributed by atoms with Gasteiger partial charge in [0.05, 0.1) is 11.4 Å². The van der Waals surface area contributed by atoms with Gasteiger partial charge in [0.25, 0.3) is 0 Å². The molecule has 0 radical (unpaired) electrons. The Bertz CT molecular complexity index is 1480. The summed E-state index contributed by atoms with van der Waals surface area (Å²) in [6.45, 7) is 0. The van der Waals surface area contributed by atoms with Crippen LogP contribution in [-0.4, -0.2) is 15.0 Å². The zero-order chi connectivity index (χ0) is 19.2. The minimum absolute atomic E-state index is 0.979. The van der Waals surface area contributed by atoms with Crippen LogP contribution in [0.1, 0.15) is 0 Å². The summed E-state index contributed by atoms with van der Waals surface area (Å²) in [5.74, 6) is 0. The van der Waals surface area contributed by atoms with Crippen LogP contribution in [0.2, 0.25) is 0 Å². The Balaban J connectivity index is 1.68. The number of hydrogen-bond acceptors (Lipinski definition) is 2. The zero-order valence-corrected chi connectivity index (χ0v) is 15.6. The molecule has 3 heteroatoms. The molecule has 0 aliphatic rings. The normalized spacial score (nSPS) is 11.4. The van der Waals surface area contributed by atoms with Crippen LogP contribution in [0.25, 0.3) is 55.1 Å². The van der Waals surface area contributed by atoms with Crippen LogP contribution in [0.4, 0.5) is 0 Å². The number of benzene rings is 3. The molecule has 3 heterocycles. The summed E-state index contributed by atoms with van der Waals surface area (Å²) in [5, 5.41) is 4.93. The van der Waals surface area contributed by atoms with E-state index >= 15 is 0 Å². The van der Waals surface area contributed by atoms with Crippen LogP contribution < -0.4 is 0 Å². The van der Waals surface area contributed by atoms with Gasteiger partial charge in [-0.2, -0.15) is 0 Å². The van der Waals surface area contributed by atoms with E-state index in [1.165, 1.54) is 21.5 Å². The van der Waals surface area contributed by atoms with Gasteiger partial charge in [-0.05, 0) is 47.2 Å². The minimum atomic E-state index is 0.979. The molecule has 0 unspecified atom stereocenters. The average Bonchev–Trinajstić information content (AvgIpc) is 3.17. The topological polar surface area (TPSA) is 41.6 Å². The first kappa shape index (κ1) is 16.0. The molecule has 0 aliphatic carbocycles. The van der Waals surface area contributed by atoms with Crippen molar-refractivity contribution in [3.8, 4) is 22.5 Å². The summed E-state index contributed by atoms with van der Waals surface area (Å²) >= 11 is 0. The van der Waals surface area contributed by atoms with Crippen molar-refractivity contribution in [1.82, 2.24) is 15.0 Å². The summed E-state index contributed by atoms with van der Waals surface area (Å²) in [6, 6.07) is 29.4. The number of aromatic nitrogens is 3. The van der Waals surface area contributed by atoms with Gasteiger partial charge in [-0.1, -0.05) is 48.5 Å². The zero-order valence-electron chi connectivity index (χ0n) is 15.6. The molecule has 0 saturated heterocycles. The summed E-state index contributed by atoms with van der Waals surface area (Å²) in [5.41, 5.74) is 6.46. The number of rotatable bonds is 2. The smallest absolute Gasteiger partial charge is 0.0708 e. The first-order valence-corrected chi connectivity index (χ1v) is 9.68. The molecule has 136 valence electrons. The second-order valence-corrected chi connectivity index (χ2v) is 7.21. The fourth-order valence-corrected chi connectivity index (χ4v) is 4.20. The van der Waals surface area contributed by atoms with Crippen molar-refractivity contribution in [2.24, 2.45) is 0 Å². The lowest BCUT2D eigenvalue weighted by Crippen LogP contribution is -1.85. The Hall–Kier alpha value is -3.98. The lowest BCUT2D eigenvalue weighted by Gasteiger charge is -2.08. The third-order valence-corrected chi connectivity index (χ3v) is 5.50. The highest BCUT2D eigenvalue weighted by molar-refractivity contribution is 6.23. The van der Waals surface area contributed by atoms with Crippen molar-refractivity contribution < 1.29 is 0 Å². The molecule has 0 spiro atoms. The van der Waals surface area contributed by atoms with Crippen LogP contribution >= 0.6 is 0 Å². The summed E-state index contributed by atoms with van der Waals surface area (Å²) in [4.78, 5) is 12.7. The van der Waals surface area contributed by atoms with E-state index in [1.54, 1.807) is 0 Å². The van der Waals surface area contributed by atoms with Crippen LogP contribution in [0.15, 0.2) is 97.3 Å². The van der Waals surface area contributed by atoms with Gasteiger partial charge in [-0.3, -0.25) is 9.97 Å². The second-order valence-electron chi connectivity index (χ2n) is 7.21. The van der Waals surface area contributed by atoms with Gasteiger partial charge < -0.3 is 4.98 Å². The number of hydrogen-bond donors (Lipinski definition) is 1. The van der Waals surface area contributed by atoms with E-state index in [4.69, 9.17) is 0 Å². The van der Waals surface area contributed by atoms with Crippen molar-refractivity contribution in [3.05, 3.63) is 97.3 Å². The molecule has 1 N–H and O–H groups in total. The number of fused-ring (bicyclic) bond motifs is 5. The number of H-pyrrole nitrogens is 1. The molecule has 0 aliphatic heterocycles. The van der Waals surface area contributed by atoms with Gasteiger partial charge in [0.15, 0.2) is 0 Å². The summed E-state index contributed by atoms with van der Waals surface area (Å²) < 4.78 is 0. The molecule has 0 amide bonds. The Morgan fingerprint density at radius 3 is 2.03 bits per heavy atom. The highest BCUT2D eigenvalue weighted by Crippen LogP contribution is 2.38. The maximum Gasteiger partial charge on any atom is 0.0708 e. The van der Waals surface area contributed by atoms with E-state index in [0.717, 1.165) is 33.5 Å². The molecule has 0 saturated carbocycles. The van der Waals surface area contributed by atoms with Gasteiger partial charge >= 0.3 is 0 Å².